The van der Waals surface area contributed by atoms with Gasteiger partial charge in [-0.15, -0.1) is 0 Å². The minimum absolute atomic E-state index is 0.105. The van der Waals surface area contributed by atoms with Gasteiger partial charge in [0.2, 0.25) is 0 Å². The summed E-state index contributed by atoms with van der Waals surface area (Å²) in [5, 5.41) is 7.61. The van der Waals surface area contributed by atoms with E-state index in [0.29, 0.717) is 31.8 Å². The summed E-state index contributed by atoms with van der Waals surface area (Å²) in [6, 6.07) is 8.12. The standard InChI is InChI=1S/C15H14FIN2O2/c1-20-9-6-11(14(16)13(7-9)21-2)8-3-4-10(15(17)19)12(18)5-8/h3-7,19H,18H2,1-2H3. The van der Waals surface area contributed by atoms with Crippen molar-refractivity contribution in [3.63, 3.8) is 0 Å². The highest BCUT2D eigenvalue weighted by Crippen LogP contribution is 2.35. The normalized spacial score (nSPS) is 10.3. The molecule has 0 saturated carbocycles. The smallest absolute Gasteiger partial charge is 0.173 e. The van der Waals surface area contributed by atoms with E-state index in [1.54, 1.807) is 24.3 Å². The molecule has 110 valence electrons. The molecule has 3 N–H and O–H groups in total. The summed E-state index contributed by atoms with van der Waals surface area (Å²) in [6.07, 6.45) is 0. The molecule has 6 heteroatoms. The third-order valence-electron chi connectivity index (χ3n) is 3.07. The van der Waals surface area contributed by atoms with Crippen molar-refractivity contribution >= 4 is 32.0 Å². The quantitative estimate of drug-likeness (QED) is 0.466. The van der Waals surface area contributed by atoms with Crippen LogP contribution in [0.4, 0.5) is 10.1 Å². The third-order valence-corrected chi connectivity index (χ3v) is 3.65. The van der Waals surface area contributed by atoms with E-state index in [2.05, 4.69) is 0 Å². The molecule has 0 heterocycles. The lowest BCUT2D eigenvalue weighted by molar-refractivity contribution is 0.375. The van der Waals surface area contributed by atoms with Crippen LogP contribution < -0.4 is 15.2 Å². The molecular formula is C15H14FIN2O2. The Kier molecular flexibility index (Phi) is 4.66. The number of nitrogens with one attached hydrogen (secondary N) is 1. The van der Waals surface area contributed by atoms with Crippen molar-refractivity contribution in [2.75, 3.05) is 20.0 Å². The highest BCUT2D eigenvalue weighted by molar-refractivity contribution is 14.1. The molecule has 0 fully saturated rings. The molecule has 21 heavy (non-hydrogen) atoms. The minimum Gasteiger partial charge on any atom is -0.497 e. The number of hydrogen-bond acceptors (Lipinski definition) is 4. The van der Waals surface area contributed by atoms with Crippen LogP contribution in [0.5, 0.6) is 11.5 Å². The average molecular weight is 400 g/mol. The van der Waals surface area contributed by atoms with Crippen molar-refractivity contribution in [2.24, 2.45) is 0 Å². The fourth-order valence-electron chi connectivity index (χ4n) is 1.98. The van der Waals surface area contributed by atoms with E-state index >= 15 is 0 Å². The van der Waals surface area contributed by atoms with Gasteiger partial charge in [0.25, 0.3) is 0 Å². The molecule has 0 unspecified atom stereocenters. The number of hydrogen-bond donors (Lipinski definition) is 2. The van der Waals surface area contributed by atoms with Crippen molar-refractivity contribution in [1.29, 1.82) is 5.41 Å². The monoisotopic (exact) mass is 400 g/mol. The summed E-state index contributed by atoms with van der Waals surface area (Å²) in [5.74, 6) is 0.121. The Morgan fingerprint density at radius 3 is 2.43 bits per heavy atom. The molecule has 0 aliphatic heterocycles. The van der Waals surface area contributed by atoms with Gasteiger partial charge in [0.1, 0.15) is 9.47 Å². The van der Waals surface area contributed by atoms with Gasteiger partial charge in [0.05, 0.1) is 14.2 Å². The van der Waals surface area contributed by atoms with Crippen molar-refractivity contribution in [3.05, 3.63) is 41.7 Å². The highest BCUT2D eigenvalue weighted by Gasteiger charge is 2.15. The van der Waals surface area contributed by atoms with Crippen LogP contribution >= 0.6 is 22.6 Å². The molecule has 0 atom stereocenters. The first-order valence-corrected chi connectivity index (χ1v) is 7.11. The maximum Gasteiger partial charge on any atom is 0.173 e. The zero-order valence-electron chi connectivity index (χ0n) is 11.5. The van der Waals surface area contributed by atoms with Crippen LogP contribution in [0.3, 0.4) is 0 Å². The second-order valence-electron chi connectivity index (χ2n) is 4.31. The summed E-state index contributed by atoms with van der Waals surface area (Å²) in [6.45, 7) is 0. The van der Waals surface area contributed by atoms with E-state index in [4.69, 9.17) is 20.6 Å². The number of ether oxygens (including phenoxy) is 2. The summed E-state index contributed by atoms with van der Waals surface area (Å²) < 4.78 is 24.9. The number of rotatable bonds is 4. The van der Waals surface area contributed by atoms with Gasteiger partial charge in [-0.05, 0) is 46.4 Å². The Morgan fingerprint density at radius 2 is 1.90 bits per heavy atom. The van der Waals surface area contributed by atoms with Gasteiger partial charge in [-0.25, -0.2) is 4.39 Å². The molecule has 0 aliphatic rings. The maximum atomic E-state index is 14.4. The van der Waals surface area contributed by atoms with Gasteiger partial charge < -0.3 is 15.2 Å². The first-order valence-electron chi connectivity index (χ1n) is 6.03. The number of nitrogen functional groups attached to an aromatic ring is 1. The van der Waals surface area contributed by atoms with Gasteiger partial charge in [0, 0.05) is 22.9 Å². The first kappa shape index (κ1) is 15.6. The fraction of sp³-hybridized carbons (Fsp3) is 0.133. The molecule has 2 aromatic carbocycles. The third kappa shape index (κ3) is 3.10. The number of halogens is 2. The number of nitrogens with two attached hydrogens (primary N) is 1. The number of anilines is 1. The van der Waals surface area contributed by atoms with Crippen molar-refractivity contribution in [1.82, 2.24) is 0 Å². The van der Waals surface area contributed by atoms with Crippen molar-refractivity contribution < 1.29 is 13.9 Å². The maximum absolute atomic E-state index is 14.4. The zero-order valence-corrected chi connectivity index (χ0v) is 13.7. The molecule has 0 saturated heterocycles. The van der Waals surface area contributed by atoms with E-state index in [9.17, 15) is 4.39 Å². The molecule has 0 amide bonds. The first-order chi connectivity index (χ1) is 9.97. The van der Waals surface area contributed by atoms with Gasteiger partial charge in [-0.3, -0.25) is 5.41 Å². The lowest BCUT2D eigenvalue weighted by Crippen LogP contribution is -1.99. The minimum atomic E-state index is -0.477. The number of benzene rings is 2. The topological polar surface area (TPSA) is 68.3 Å². The van der Waals surface area contributed by atoms with E-state index in [1.807, 2.05) is 22.6 Å². The SMILES string of the molecule is COc1cc(OC)c(F)c(-c2ccc(C(=N)I)c(N)c2)c1. The lowest BCUT2D eigenvalue weighted by Gasteiger charge is -2.12. The summed E-state index contributed by atoms with van der Waals surface area (Å²) in [5.41, 5.74) is 7.90. The Labute approximate surface area is 135 Å². The van der Waals surface area contributed by atoms with Crippen molar-refractivity contribution in [3.8, 4) is 22.6 Å². The predicted molar refractivity (Wildman–Crippen MR) is 90.2 cm³/mol. The van der Waals surface area contributed by atoms with Crippen LogP contribution in [-0.4, -0.2) is 17.9 Å². The van der Waals surface area contributed by atoms with E-state index in [0.717, 1.165) is 0 Å². The van der Waals surface area contributed by atoms with Crippen LogP contribution in [0.15, 0.2) is 30.3 Å². The average Bonchev–Trinajstić information content (AvgIpc) is 2.47. The fourth-order valence-corrected chi connectivity index (χ4v) is 2.47. The molecule has 0 bridgehead atoms. The lowest BCUT2D eigenvalue weighted by atomic mass is 10.0. The highest BCUT2D eigenvalue weighted by atomic mass is 127. The van der Waals surface area contributed by atoms with Crippen LogP contribution in [0, 0.1) is 11.2 Å². The second kappa shape index (κ2) is 6.30. The summed E-state index contributed by atoms with van der Waals surface area (Å²) in [4.78, 5) is 0. The van der Waals surface area contributed by atoms with E-state index < -0.39 is 5.82 Å². The summed E-state index contributed by atoms with van der Waals surface area (Å²) >= 11 is 1.88. The van der Waals surface area contributed by atoms with Gasteiger partial charge in [-0.1, -0.05) is 6.07 Å². The molecule has 0 aromatic heterocycles. The predicted octanol–water partition coefficient (Wildman–Crippen LogP) is 3.85. The molecule has 0 radical (unpaired) electrons. The van der Waals surface area contributed by atoms with Crippen LogP contribution in [0.2, 0.25) is 0 Å². The van der Waals surface area contributed by atoms with Crippen LogP contribution in [0.1, 0.15) is 5.56 Å². The molecule has 0 aliphatic carbocycles. The molecule has 4 nitrogen and oxygen atoms in total. The van der Waals surface area contributed by atoms with Crippen LogP contribution in [0.25, 0.3) is 11.1 Å². The molecular weight excluding hydrogens is 386 g/mol. The van der Waals surface area contributed by atoms with Crippen LogP contribution in [-0.2, 0) is 0 Å². The number of methoxy groups -OCH3 is 2. The van der Waals surface area contributed by atoms with E-state index in [1.165, 1.54) is 20.3 Å². The molecule has 0 spiro atoms. The Morgan fingerprint density at radius 1 is 1.19 bits per heavy atom. The second-order valence-corrected chi connectivity index (χ2v) is 5.39. The Balaban J connectivity index is 2.61. The van der Waals surface area contributed by atoms with Crippen molar-refractivity contribution in [2.45, 2.75) is 0 Å². The Bertz CT molecular complexity index is 704. The molecule has 2 rings (SSSR count). The Hall–Kier alpha value is -1.83. The van der Waals surface area contributed by atoms with E-state index in [-0.39, 0.29) is 5.75 Å². The summed E-state index contributed by atoms with van der Waals surface area (Å²) in [7, 11) is 2.90. The zero-order chi connectivity index (χ0) is 15.6. The largest absolute Gasteiger partial charge is 0.497 e. The molecule has 2 aromatic rings. The van der Waals surface area contributed by atoms with Gasteiger partial charge in [0.15, 0.2) is 11.6 Å². The van der Waals surface area contributed by atoms with Gasteiger partial charge in [-0.2, -0.15) is 0 Å². The van der Waals surface area contributed by atoms with Gasteiger partial charge >= 0.3 is 0 Å².